The van der Waals surface area contributed by atoms with Gasteiger partial charge < -0.3 is 24.3 Å². The van der Waals surface area contributed by atoms with Crippen molar-refractivity contribution in [3.05, 3.63) is 33.4 Å². The summed E-state index contributed by atoms with van der Waals surface area (Å²) >= 11 is 18.3. The fourth-order valence-corrected chi connectivity index (χ4v) is 3.36. The molecule has 6 nitrogen and oxygen atoms in total. The van der Waals surface area contributed by atoms with Crippen LogP contribution in [-0.2, 0) is 14.3 Å². The molecule has 1 aromatic heterocycles. The van der Waals surface area contributed by atoms with Crippen molar-refractivity contribution in [2.75, 3.05) is 6.61 Å². The average molecular weight is 395 g/mol. The largest absolute Gasteiger partial charge is 0.463 e. The van der Waals surface area contributed by atoms with E-state index in [0.29, 0.717) is 20.9 Å². The van der Waals surface area contributed by atoms with Crippen molar-refractivity contribution >= 4 is 51.7 Å². The minimum Gasteiger partial charge on any atom is -0.463 e. The maximum atomic E-state index is 10.9. The number of carbonyl (C=O) groups excluding carboxylic acids is 1. The maximum absolute atomic E-state index is 10.9. The first-order valence-electron chi connectivity index (χ1n) is 7.10. The predicted molar refractivity (Wildman–Crippen MR) is 89.5 cm³/mol. The molecular formula is C15H14Cl3NO5. The topological polar surface area (TPSA) is 80.9 Å². The Labute approximate surface area is 152 Å². The van der Waals surface area contributed by atoms with Crippen molar-refractivity contribution in [1.82, 2.24) is 4.57 Å². The summed E-state index contributed by atoms with van der Waals surface area (Å²) in [6.45, 7) is 1.07. The third kappa shape index (κ3) is 3.10. The Morgan fingerprint density at radius 3 is 2.54 bits per heavy atom. The second kappa shape index (κ2) is 6.71. The van der Waals surface area contributed by atoms with Crippen molar-refractivity contribution in [2.24, 2.45) is 0 Å². The molecule has 130 valence electrons. The van der Waals surface area contributed by atoms with Gasteiger partial charge in [-0.1, -0.05) is 34.8 Å². The highest BCUT2D eigenvalue weighted by atomic mass is 35.5. The summed E-state index contributed by atoms with van der Waals surface area (Å²) in [5.74, 6) is -0.505. The summed E-state index contributed by atoms with van der Waals surface area (Å²) in [4.78, 5) is 10.9. The highest BCUT2D eigenvalue weighted by molar-refractivity contribution is 6.43. The van der Waals surface area contributed by atoms with Gasteiger partial charge >= 0.3 is 5.97 Å². The highest BCUT2D eigenvalue weighted by Crippen LogP contribution is 2.38. The van der Waals surface area contributed by atoms with E-state index in [1.165, 1.54) is 11.5 Å². The highest BCUT2D eigenvalue weighted by Gasteiger charge is 2.45. The molecule has 2 N–H and O–H groups in total. The first-order chi connectivity index (χ1) is 11.3. The van der Waals surface area contributed by atoms with Crippen molar-refractivity contribution in [2.45, 2.75) is 31.5 Å². The van der Waals surface area contributed by atoms with Gasteiger partial charge in [-0.2, -0.15) is 0 Å². The second-order valence-corrected chi connectivity index (χ2v) is 6.71. The number of fused-ring (bicyclic) bond motifs is 1. The van der Waals surface area contributed by atoms with Crippen LogP contribution >= 0.6 is 34.8 Å². The number of aromatic nitrogens is 1. The van der Waals surface area contributed by atoms with Gasteiger partial charge in [-0.25, -0.2) is 0 Å². The van der Waals surface area contributed by atoms with Crippen molar-refractivity contribution in [3.63, 3.8) is 0 Å². The number of hydrogen-bond donors (Lipinski definition) is 2. The number of halogens is 3. The Hall–Kier alpha value is -1.02. The summed E-state index contributed by atoms with van der Waals surface area (Å²) in [5, 5.41) is 22.1. The lowest BCUT2D eigenvalue weighted by atomic mass is 10.1. The Morgan fingerprint density at radius 2 is 1.88 bits per heavy atom. The molecule has 0 aliphatic carbocycles. The number of ether oxygens (including phenoxy) is 2. The van der Waals surface area contributed by atoms with Gasteiger partial charge in [-0.05, 0) is 18.2 Å². The number of aliphatic hydroxyl groups excluding tert-OH is 2. The monoisotopic (exact) mass is 393 g/mol. The number of nitrogens with zero attached hydrogens (tertiary/aromatic N) is 1. The molecule has 24 heavy (non-hydrogen) atoms. The molecule has 0 bridgehead atoms. The van der Waals surface area contributed by atoms with Crippen LogP contribution in [0.2, 0.25) is 15.2 Å². The molecule has 0 unspecified atom stereocenters. The van der Waals surface area contributed by atoms with E-state index in [4.69, 9.17) is 44.3 Å². The van der Waals surface area contributed by atoms with Gasteiger partial charge in [0.25, 0.3) is 0 Å². The SMILES string of the molecule is CC(=O)OC[C@H]1O[C@@H](n2c(Cl)cc3cc(Cl)c(Cl)cc32)[C@H](O)[C@@H]1O. The van der Waals surface area contributed by atoms with Gasteiger partial charge in [-0.15, -0.1) is 0 Å². The number of esters is 1. The van der Waals surface area contributed by atoms with Crippen molar-refractivity contribution in [1.29, 1.82) is 0 Å². The lowest BCUT2D eigenvalue weighted by molar-refractivity contribution is -0.147. The molecule has 1 aromatic carbocycles. The quantitative estimate of drug-likeness (QED) is 0.783. The number of rotatable bonds is 3. The lowest BCUT2D eigenvalue weighted by Gasteiger charge is -2.19. The Bertz CT molecular complexity index is 793. The number of aliphatic hydroxyl groups is 2. The molecule has 0 amide bonds. The number of carbonyl (C=O) groups is 1. The molecule has 3 rings (SSSR count). The van der Waals surface area contributed by atoms with Gasteiger partial charge in [0.05, 0.1) is 15.6 Å². The van der Waals surface area contributed by atoms with E-state index in [0.717, 1.165) is 0 Å². The van der Waals surface area contributed by atoms with E-state index in [1.54, 1.807) is 18.2 Å². The molecule has 1 fully saturated rings. The zero-order valence-electron chi connectivity index (χ0n) is 12.4. The zero-order chi connectivity index (χ0) is 17.6. The van der Waals surface area contributed by atoms with Gasteiger partial charge in [0.2, 0.25) is 0 Å². The lowest BCUT2D eigenvalue weighted by Crippen LogP contribution is -2.34. The van der Waals surface area contributed by atoms with Gasteiger partial charge in [-0.3, -0.25) is 4.79 Å². The fraction of sp³-hybridized carbons (Fsp3) is 0.400. The van der Waals surface area contributed by atoms with Gasteiger partial charge in [0.1, 0.15) is 30.1 Å². The van der Waals surface area contributed by atoms with Crippen molar-refractivity contribution in [3.8, 4) is 0 Å². The minimum absolute atomic E-state index is 0.173. The summed E-state index contributed by atoms with van der Waals surface area (Å²) in [5.41, 5.74) is 0.596. The number of benzene rings is 1. The van der Waals surface area contributed by atoms with E-state index in [1.807, 2.05) is 0 Å². The van der Waals surface area contributed by atoms with Crippen LogP contribution in [0.5, 0.6) is 0 Å². The Kier molecular flexibility index (Phi) is 4.97. The van der Waals surface area contributed by atoms with E-state index < -0.39 is 30.5 Å². The van der Waals surface area contributed by atoms with Crippen LogP contribution in [0, 0.1) is 0 Å². The summed E-state index contributed by atoms with van der Waals surface area (Å²) < 4.78 is 12.0. The van der Waals surface area contributed by atoms with E-state index in [9.17, 15) is 15.0 Å². The number of hydrogen-bond acceptors (Lipinski definition) is 5. The molecular weight excluding hydrogens is 381 g/mol. The predicted octanol–water partition coefficient (Wildman–Crippen LogP) is 2.78. The van der Waals surface area contributed by atoms with Crippen LogP contribution in [0.25, 0.3) is 10.9 Å². The first kappa shape index (κ1) is 17.8. The van der Waals surface area contributed by atoms with Crippen LogP contribution in [-0.4, -0.2) is 45.7 Å². The summed E-state index contributed by atoms with van der Waals surface area (Å²) in [6, 6.07) is 4.91. The molecule has 0 saturated carbocycles. The fourth-order valence-electron chi connectivity index (χ4n) is 2.73. The normalized spacial score (nSPS) is 26.9. The minimum atomic E-state index is -1.26. The van der Waals surface area contributed by atoms with Crippen molar-refractivity contribution < 1.29 is 24.5 Å². The zero-order valence-corrected chi connectivity index (χ0v) is 14.7. The van der Waals surface area contributed by atoms with Crippen LogP contribution in [0.1, 0.15) is 13.2 Å². The third-order valence-corrected chi connectivity index (χ3v) is 4.89. The Balaban J connectivity index is 1.96. The van der Waals surface area contributed by atoms with E-state index >= 15 is 0 Å². The standard InChI is InChI=1S/C15H14Cl3NO5/c1-6(20)23-5-11-13(21)14(22)15(24-11)19-10-4-9(17)8(16)2-7(10)3-12(19)18/h2-4,11,13-15,21-22H,5H2,1H3/t11-,13-,14-,15-/m1/s1. The van der Waals surface area contributed by atoms with E-state index in [2.05, 4.69) is 0 Å². The van der Waals surface area contributed by atoms with Gasteiger partial charge in [0.15, 0.2) is 6.23 Å². The summed E-state index contributed by atoms with van der Waals surface area (Å²) in [7, 11) is 0. The van der Waals surface area contributed by atoms with Crippen LogP contribution in [0.15, 0.2) is 18.2 Å². The van der Waals surface area contributed by atoms with Crippen LogP contribution < -0.4 is 0 Å². The summed E-state index contributed by atoms with van der Waals surface area (Å²) in [6.07, 6.45) is -4.31. The first-order valence-corrected chi connectivity index (χ1v) is 8.23. The molecule has 1 aliphatic rings. The molecule has 1 saturated heterocycles. The molecule has 2 heterocycles. The smallest absolute Gasteiger partial charge is 0.302 e. The molecule has 0 radical (unpaired) electrons. The van der Waals surface area contributed by atoms with Crippen LogP contribution in [0.3, 0.4) is 0 Å². The molecule has 2 aromatic rings. The average Bonchev–Trinajstić information content (AvgIpc) is 2.95. The second-order valence-electron chi connectivity index (χ2n) is 5.51. The maximum Gasteiger partial charge on any atom is 0.302 e. The molecule has 0 spiro atoms. The molecule has 9 heteroatoms. The van der Waals surface area contributed by atoms with Gasteiger partial charge in [0, 0.05) is 12.3 Å². The third-order valence-electron chi connectivity index (χ3n) is 3.88. The Morgan fingerprint density at radius 1 is 1.21 bits per heavy atom. The molecule has 1 aliphatic heterocycles. The van der Waals surface area contributed by atoms with E-state index in [-0.39, 0.29) is 11.8 Å². The molecule has 4 atom stereocenters. The van der Waals surface area contributed by atoms with Crippen LogP contribution in [0.4, 0.5) is 0 Å².